The van der Waals surface area contributed by atoms with E-state index in [1.807, 2.05) is 6.92 Å². The van der Waals surface area contributed by atoms with Crippen molar-refractivity contribution in [3.63, 3.8) is 0 Å². The number of rotatable bonds is 3. The molecule has 0 aromatic carbocycles. The molecule has 1 heterocycles. The van der Waals surface area contributed by atoms with E-state index >= 15 is 0 Å². The molecular weight excluding hydrogens is 200 g/mol. The van der Waals surface area contributed by atoms with Crippen molar-refractivity contribution in [2.75, 3.05) is 33.7 Å². The van der Waals surface area contributed by atoms with Crippen molar-refractivity contribution in [3.8, 4) is 11.8 Å². The first-order valence-corrected chi connectivity index (χ1v) is 6.11. The molecule has 3 heteroatoms. The molecule has 1 N–H and O–H groups in total. The van der Waals surface area contributed by atoms with Crippen molar-refractivity contribution < 1.29 is 5.11 Å². The molecule has 1 rings (SSSR count). The summed E-state index contributed by atoms with van der Waals surface area (Å²) < 4.78 is 0. The molecule has 16 heavy (non-hydrogen) atoms. The smallest absolute Gasteiger partial charge is 0.0716 e. The van der Waals surface area contributed by atoms with Crippen LogP contribution in [0.15, 0.2) is 0 Å². The Hall–Kier alpha value is -0.560. The molecule has 0 spiro atoms. The Kier molecular flexibility index (Phi) is 5.83. The fraction of sp³-hybridized carbons (Fsp3) is 0.846. The van der Waals surface area contributed by atoms with Crippen LogP contribution < -0.4 is 0 Å². The molecule has 1 saturated heterocycles. The van der Waals surface area contributed by atoms with Crippen molar-refractivity contribution >= 4 is 0 Å². The number of likely N-dealkylation sites (N-methyl/N-ethyl adjacent to an activating group) is 2. The molecule has 1 fully saturated rings. The molecule has 1 aliphatic rings. The number of aliphatic hydroxyl groups is 1. The highest BCUT2D eigenvalue weighted by Gasteiger charge is 2.26. The van der Waals surface area contributed by atoms with E-state index in [1.165, 1.54) is 6.42 Å². The molecule has 0 radical (unpaired) electrons. The first-order valence-electron chi connectivity index (χ1n) is 6.11. The molecular formula is C13H24N2O. The van der Waals surface area contributed by atoms with E-state index in [9.17, 15) is 5.11 Å². The van der Waals surface area contributed by atoms with Gasteiger partial charge in [0.2, 0.25) is 0 Å². The van der Waals surface area contributed by atoms with Gasteiger partial charge in [-0.3, -0.25) is 4.90 Å². The first kappa shape index (κ1) is 13.5. The van der Waals surface area contributed by atoms with E-state index in [1.54, 1.807) is 0 Å². The highest BCUT2D eigenvalue weighted by atomic mass is 16.3. The fourth-order valence-electron chi connectivity index (χ4n) is 2.26. The summed E-state index contributed by atoms with van der Waals surface area (Å²) in [4.78, 5) is 4.59. The van der Waals surface area contributed by atoms with Crippen LogP contribution in [0.1, 0.15) is 26.2 Å². The number of hydrogen-bond donors (Lipinski definition) is 1. The van der Waals surface area contributed by atoms with E-state index in [0.29, 0.717) is 0 Å². The Balaban J connectivity index is 2.48. The summed E-state index contributed by atoms with van der Waals surface area (Å²) in [6, 6.07) is 0.256. The van der Waals surface area contributed by atoms with Crippen LogP contribution in [0.25, 0.3) is 0 Å². The first-order chi connectivity index (χ1) is 7.65. The van der Waals surface area contributed by atoms with Gasteiger partial charge in [-0.15, -0.1) is 11.8 Å². The van der Waals surface area contributed by atoms with Gasteiger partial charge in [-0.05, 0) is 47.0 Å². The SMILES string of the molecule is CC#CCCC(O)C1CN(C)CCCN1C. The van der Waals surface area contributed by atoms with E-state index in [-0.39, 0.29) is 12.1 Å². The lowest BCUT2D eigenvalue weighted by atomic mass is 10.0. The third kappa shape index (κ3) is 4.13. The number of hydrogen-bond acceptors (Lipinski definition) is 3. The molecule has 0 aromatic heterocycles. The zero-order chi connectivity index (χ0) is 12.0. The molecule has 0 aromatic rings. The van der Waals surface area contributed by atoms with Crippen molar-refractivity contribution in [2.24, 2.45) is 0 Å². The lowest BCUT2D eigenvalue weighted by Gasteiger charge is -2.31. The highest BCUT2D eigenvalue weighted by Crippen LogP contribution is 2.13. The molecule has 0 saturated carbocycles. The third-order valence-electron chi connectivity index (χ3n) is 3.30. The molecule has 3 nitrogen and oxygen atoms in total. The van der Waals surface area contributed by atoms with E-state index < -0.39 is 0 Å². The maximum Gasteiger partial charge on any atom is 0.0716 e. The van der Waals surface area contributed by atoms with Crippen LogP contribution in [-0.2, 0) is 0 Å². The molecule has 0 bridgehead atoms. The van der Waals surface area contributed by atoms with Crippen LogP contribution in [0.3, 0.4) is 0 Å². The lowest BCUT2D eigenvalue weighted by Crippen LogP contribution is -2.46. The summed E-state index contributed by atoms with van der Waals surface area (Å²) >= 11 is 0. The third-order valence-corrected chi connectivity index (χ3v) is 3.30. The molecule has 2 atom stereocenters. The van der Waals surface area contributed by atoms with E-state index in [2.05, 4.69) is 35.7 Å². The largest absolute Gasteiger partial charge is 0.391 e. The topological polar surface area (TPSA) is 26.7 Å². The van der Waals surface area contributed by atoms with Crippen LogP contribution in [0.2, 0.25) is 0 Å². The minimum Gasteiger partial charge on any atom is -0.391 e. The summed E-state index contributed by atoms with van der Waals surface area (Å²) in [7, 11) is 4.24. The van der Waals surface area contributed by atoms with Crippen molar-refractivity contribution in [1.29, 1.82) is 0 Å². The van der Waals surface area contributed by atoms with Crippen LogP contribution in [0, 0.1) is 11.8 Å². The van der Waals surface area contributed by atoms with E-state index in [4.69, 9.17) is 0 Å². The Morgan fingerprint density at radius 3 is 2.81 bits per heavy atom. The normalized spacial score (nSPS) is 25.6. The van der Waals surface area contributed by atoms with Crippen LogP contribution in [-0.4, -0.2) is 60.8 Å². The van der Waals surface area contributed by atoms with Crippen molar-refractivity contribution in [2.45, 2.75) is 38.3 Å². The lowest BCUT2D eigenvalue weighted by molar-refractivity contribution is 0.0530. The van der Waals surface area contributed by atoms with Crippen LogP contribution >= 0.6 is 0 Å². The van der Waals surface area contributed by atoms with Gasteiger partial charge in [0.05, 0.1) is 6.10 Å². The molecule has 92 valence electrons. The standard InChI is InChI=1S/C13H24N2O/c1-4-5-6-8-13(16)12-11-14(2)9-7-10-15(12)3/h12-13,16H,6-11H2,1-3H3. The number of aliphatic hydroxyl groups excluding tert-OH is 1. The Morgan fingerprint density at radius 2 is 2.12 bits per heavy atom. The van der Waals surface area contributed by atoms with Gasteiger partial charge >= 0.3 is 0 Å². The van der Waals surface area contributed by atoms with Crippen molar-refractivity contribution in [3.05, 3.63) is 0 Å². The summed E-state index contributed by atoms with van der Waals surface area (Å²) in [5.41, 5.74) is 0. The predicted molar refractivity (Wildman–Crippen MR) is 67.2 cm³/mol. The minimum atomic E-state index is -0.258. The van der Waals surface area contributed by atoms with Gasteiger partial charge in [0, 0.05) is 19.0 Å². The van der Waals surface area contributed by atoms with E-state index in [0.717, 1.165) is 32.5 Å². The second kappa shape index (κ2) is 6.90. The maximum atomic E-state index is 10.2. The maximum absolute atomic E-state index is 10.2. The molecule has 1 aliphatic heterocycles. The predicted octanol–water partition coefficient (Wildman–Crippen LogP) is 0.787. The van der Waals surface area contributed by atoms with Gasteiger partial charge in [0.25, 0.3) is 0 Å². The monoisotopic (exact) mass is 224 g/mol. The summed E-state index contributed by atoms with van der Waals surface area (Å²) in [6.07, 6.45) is 2.51. The second-order valence-corrected chi connectivity index (χ2v) is 4.70. The Morgan fingerprint density at radius 1 is 1.38 bits per heavy atom. The molecule has 0 amide bonds. The quantitative estimate of drug-likeness (QED) is 0.718. The summed E-state index contributed by atoms with van der Waals surface area (Å²) in [6.45, 7) is 5.00. The van der Waals surface area contributed by atoms with Gasteiger partial charge in [0.15, 0.2) is 0 Å². The molecule has 2 unspecified atom stereocenters. The van der Waals surface area contributed by atoms with Gasteiger partial charge < -0.3 is 10.0 Å². The van der Waals surface area contributed by atoms with Gasteiger partial charge in [-0.1, -0.05) is 0 Å². The Bertz CT molecular complexity index is 256. The number of nitrogens with zero attached hydrogens (tertiary/aromatic N) is 2. The Labute approximate surface area is 99.4 Å². The fourth-order valence-corrected chi connectivity index (χ4v) is 2.26. The van der Waals surface area contributed by atoms with Gasteiger partial charge in [0.1, 0.15) is 0 Å². The summed E-state index contributed by atoms with van der Waals surface area (Å²) in [5.74, 6) is 5.89. The minimum absolute atomic E-state index is 0.256. The van der Waals surface area contributed by atoms with Gasteiger partial charge in [-0.2, -0.15) is 0 Å². The average Bonchev–Trinajstić information content (AvgIpc) is 2.41. The van der Waals surface area contributed by atoms with Crippen LogP contribution in [0.5, 0.6) is 0 Å². The van der Waals surface area contributed by atoms with Crippen LogP contribution in [0.4, 0.5) is 0 Å². The summed E-state index contributed by atoms with van der Waals surface area (Å²) in [5, 5.41) is 10.2. The molecule has 0 aliphatic carbocycles. The zero-order valence-corrected chi connectivity index (χ0v) is 10.7. The average molecular weight is 224 g/mol. The highest BCUT2D eigenvalue weighted by molar-refractivity contribution is 4.96. The second-order valence-electron chi connectivity index (χ2n) is 4.70. The van der Waals surface area contributed by atoms with Crippen molar-refractivity contribution in [1.82, 2.24) is 9.80 Å². The zero-order valence-electron chi connectivity index (χ0n) is 10.7. The van der Waals surface area contributed by atoms with Gasteiger partial charge in [-0.25, -0.2) is 0 Å².